The van der Waals surface area contributed by atoms with Crippen molar-refractivity contribution in [1.82, 2.24) is 5.32 Å². The van der Waals surface area contributed by atoms with Gasteiger partial charge in [0, 0.05) is 6.42 Å². The van der Waals surface area contributed by atoms with Crippen molar-refractivity contribution >= 4 is 0 Å². The fourth-order valence-corrected chi connectivity index (χ4v) is 2.19. The Bertz CT molecular complexity index is 521. The van der Waals surface area contributed by atoms with Crippen molar-refractivity contribution < 1.29 is 8.81 Å². The summed E-state index contributed by atoms with van der Waals surface area (Å²) in [4.78, 5) is 0. The van der Waals surface area contributed by atoms with Crippen molar-refractivity contribution in [2.75, 3.05) is 6.54 Å². The van der Waals surface area contributed by atoms with Gasteiger partial charge in [0.1, 0.15) is 17.3 Å². The molecule has 1 aromatic heterocycles. The summed E-state index contributed by atoms with van der Waals surface area (Å²) in [6.07, 6.45) is 1.61. The van der Waals surface area contributed by atoms with Crippen LogP contribution in [0.1, 0.15) is 37.0 Å². The lowest BCUT2D eigenvalue weighted by atomic mass is 10.0. The van der Waals surface area contributed by atoms with Crippen molar-refractivity contribution in [2.24, 2.45) is 0 Å². The third kappa shape index (κ3) is 3.67. The van der Waals surface area contributed by atoms with E-state index in [4.69, 9.17) is 4.42 Å². The molecule has 1 heterocycles. The summed E-state index contributed by atoms with van der Waals surface area (Å²) >= 11 is 0. The van der Waals surface area contributed by atoms with E-state index in [1.807, 2.05) is 18.2 Å². The Hall–Kier alpha value is -1.61. The van der Waals surface area contributed by atoms with E-state index < -0.39 is 0 Å². The highest BCUT2D eigenvalue weighted by Gasteiger charge is 2.15. The van der Waals surface area contributed by atoms with Gasteiger partial charge in [0.15, 0.2) is 0 Å². The lowest BCUT2D eigenvalue weighted by Gasteiger charge is -2.15. The molecule has 2 aromatic rings. The molecule has 0 bridgehead atoms. The van der Waals surface area contributed by atoms with Crippen LogP contribution in [0, 0.1) is 5.82 Å². The van der Waals surface area contributed by atoms with E-state index in [0.29, 0.717) is 0 Å². The maximum Gasteiger partial charge on any atom is 0.123 e. The van der Waals surface area contributed by atoms with Crippen LogP contribution in [0.25, 0.3) is 0 Å². The number of rotatable bonds is 6. The van der Waals surface area contributed by atoms with E-state index in [0.717, 1.165) is 36.5 Å². The first-order chi connectivity index (χ1) is 9.22. The van der Waals surface area contributed by atoms with Crippen LogP contribution in [0.2, 0.25) is 0 Å². The monoisotopic (exact) mass is 261 g/mol. The second kappa shape index (κ2) is 6.53. The van der Waals surface area contributed by atoms with Gasteiger partial charge in [-0.1, -0.05) is 26.0 Å². The van der Waals surface area contributed by atoms with E-state index >= 15 is 0 Å². The lowest BCUT2D eigenvalue weighted by Crippen LogP contribution is -2.22. The highest BCUT2D eigenvalue weighted by molar-refractivity contribution is 5.20. The molecule has 0 aliphatic rings. The zero-order valence-electron chi connectivity index (χ0n) is 11.4. The molecule has 19 heavy (non-hydrogen) atoms. The third-order valence-corrected chi connectivity index (χ3v) is 3.15. The van der Waals surface area contributed by atoms with Crippen molar-refractivity contribution in [2.45, 2.75) is 32.7 Å². The van der Waals surface area contributed by atoms with E-state index in [2.05, 4.69) is 19.2 Å². The minimum Gasteiger partial charge on any atom is -0.464 e. The van der Waals surface area contributed by atoms with Gasteiger partial charge >= 0.3 is 0 Å². The van der Waals surface area contributed by atoms with Gasteiger partial charge in [-0.15, -0.1) is 0 Å². The maximum absolute atomic E-state index is 13.2. The summed E-state index contributed by atoms with van der Waals surface area (Å²) in [5.41, 5.74) is 0.973. The van der Waals surface area contributed by atoms with Gasteiger partial charge in [0.25, 0.3) is 0 Å². The van der Waals surface area contributed by atoms with Crippen LogP contribution in [0.5, 0.6) is 0 Å². The minimum absolute atomic E-state index is 0.0899. The Kier molecular flexibility index (Phi) is 4.74. The molecule has 0 amide bonds. The van der Waals surface area contributed by atoms with Crippen LogP contribution < -0.4 is 5.32 Å². The molecule has 0 radical (unpaired) electrons. The summed E-state index contributed by atoms with van der Waals surface area (Å²) in [6.45, 7) is 4.97. The first-order valence-corrected chi connectivity index (χ1v) is 6.79. The third-order valence-electron chi connectivity index (χ3n) is 3.15. The van der Waals surface area contributed by atoms with Crippen LogP contribution in [0.15, 0.2) is 40.8 Å². The molecule has 0 spiro atoms. The molecule has 3 heteroatoms. The van der Waals surface area contributed by atoms with Crippen LogP contribution >= 0.6 is 0 Å². The van der Waals surface area contributed by atoms with Crippen LogP contribution in [-0.2, 0) is 12.8 Å². The van der Waals surface area contributed by atoms with Gasteiger partial charge in [0.2, 0.25) is 0 Å². The fourth-order valence-electron chi connectivity index (χ4n) is 2.19. The SMILES string of the molecule is CCNC(Cc1cccc(F)c1)c1ccc(CC)o1. The molecule has 2 rings (SSSR count). The van der Waals surface area contributed by atoms with Gasteiger partial charge in [-0.3, -0.25) is 0 Å². The van der Waals surface area contributed by atoms with Crippen LogP contribution in [0.4, 0.5) is 4.39 Å². The van der Waals surface area contributed by atoms with Crippen molar-refractivity contribution in [3.63, 3.8) is 0 Å². The summed E-state index contributed by atoms with van der Waals surface area (Å²) in [6, 6.07) is 10.8. The number of nitrogens with one attached hydrogen (secondary N) is 1. The van der Waals surface area contributed by atoms with Crippen LogP contribution in [0.3, 0.4) is 0 Å². The molecular weight excluding hydrogens is 241 g/mol. The zero-order chi connectivity index (χ0) is 13.7. The number of furan rings is 1. The molecule has 0 aliphatic heterocycles. The smallest absolute Gasteiger partial charge is 0.123 e. The molecule has 2 nitrogen and oxygen atoms in total. The number of aryl methyl sites for hydroxylation is 1. The summed E-state index contributed by atoms with van der Waals surface area (Å²) in [5, 5.41) is 3.39. The Morgan fingerprint density at radius 3 is 2.68 bits per heavy atom. The first-order valence-electron chi connectivity index (χ1n) is 6.79. The molecule has 1 atom stereocenters. The average Bonchev–Trinajstić information content (AvgIpc) is 2.87. The molecule has 1 N–H and O–H groups in total. The van der Waals surface area contributed by atoms with E-state index in [9.17, 15) is 4.39 Å². The standard InChI is InChI=1S/C16H20FNO/c1-3-14-8-9-16(19-14)15(18-4-2)11-12-6-5-7-13(17)10-12/h5-10,15,18H,3-4,11H2,1-2H3. The predicted octanol–water partition coefficient (Wildman–Crippen LogP) is 3.87. The van der Waals surface area contributed by atoms with Gasteiger partial charge in [-0.05, 0) is 42.8 Å². The Balaban J connectivity index is 2.15. The number of halogens is 1. The topological polar surface area (TPSA) is 25.2 Å². The van der Waals surface area contributed by atoms with E-state index in [1.165, 1.54) is 6.07 Å². The van der Waals surface area contributed by atoms with Crippen molar-refractivity contribution in [1.29, 1.82) is 0 Å². The Morgan fingerprint density at radius 2 is 2.05 bits per heavy atom. The molecule has 0 saturated heterocycles. The van der Waals surface area contributed by atoms with E-state index in [-0.39, 0.29) is 11.9 Å². The second-order valence-electron chi connectivity index (χ2n) is 4.60. The number of likely N-dealkylation sites (N-methyl/N-ethyl adjacent to an activating group) is 1. The van der Waals surface area contributed by atoms with Crippen LogP contribution in [-0.4, -0.2) is 6.54 Å². The summed E-state index contributed by atoms with van der Waals surface area (Å²) in [7, 11) is 0. The number of hydrogen-bond acceptors (Lipinski definition) is 2. The first kappa shape index (κ1) is 13.8. The zero-order valence-corrected chi connectivity index (χ0v) is 11.4. The highest BCUT2D eigenvalue weighted by Crippen LogP contribution is 2.21. The maximum atomic E-state index is 13.2. The second-order valence-corrected chi connectivity index (χ2v) is 4.60. The van der Waals surface area contributed by atoms with Crippen molar-refractivity contribution in [3.8, 4) is 0 Å². The largest absolute Gasteiger partial charge is 0.464 e. The molecule has 0 aliphatic carbocycles. The molecule has 1 unspecified atom stereocenters. The molecule has 0 fully saturated rings. The van der Waals surface area contributed by atoms with Gasteiger partial charge in [0.05, 0.1) is 6.04 Å². The fraction of sp³-hybridized carbons (Fsp3) is 0.375. The lowest BCUT2D eigenvalue weighted by molar-refractivity contribution is 0.396. The van der Waals surface area contributed by atoms with Gasteiger partial charge in [-0.2, -0.15) is 0 Å². The summed E-state index contributed by atoms with van der Waals surface area (Å²) in [5.74, 6) is 1.71. The average molecular weight is 261 g/mol. The van der Waals surface area contributed by atoms with Gasteiger partial charge < -0.3 is 9.73 Å². The highest BCUT2D eigenvalue weighted by atomic mass is 19.1. The molecule has 1 aromatic carbocycles. The summed E-state index contributed by atoms with van der Waals surface area (Å²) < 4.78 is 19.0. The molecule has 0 saturated carbocycles. The minimum atomic E-state index is -0.193. The predicted molar refractivity (Wildman–Crippen MR) is 74.6 cm³/mol. The molecule has 102 valence electrons. The van der Waals surface area contributed by atoms with Gasteiger partial charge in [-0.25, -0.2) is 4.39 Å². The molecular formula is C16H20FNO. The normalized spacial score (nSPS) is 12.6. The Morgan fingerprint density at radius 1 is 1.21 bits per heavy atom. The number of benzene rings is 1. The van der Waals surface area contributed by atoms with E-state index in [1.54, 1.807) is 12.1 Å². The van der Waals surface area contributed by atoms with Crippen molar-refractivity contribution in [3.05, 3.63) is 59.3 Å². The number of hydrogen-bond donors (Lipinski definition) is 1. The quantitative estimate of drug-likeness (QED) is 0.853. The Labute approximate surface area is 113 Å².